The number of anilines is 2. The molecule has 1 unspecified atom stereocenters. The number of rotatable bonds is 9. The molecule has 1 aromatic carbocycles. The van der Waals surface area contributed by atoms with Crippen LogP contribution in [-0.4, -0.2) is 63.7 Å². The standard InChI is InChI=1S/C25H30Cl2N8O2S/c1-31-11-16-9-15(12-33-25(16)34-5-7-35(8-6-34)38(2)36)23(29)18-10-17(3-4-21(18)28)37-24(30)22-19(26)13-32-14-20(22)27/h3-4,9-10,12-14,24,29,31H,5-8,11,28,30H2,1-2H3/t24-,38?/m0/s1. The van der Waals surface area contributed by atoms with Crippen molar-refractivity contribution < 1.29 is 8.95 Å². The fourth-order valence-corrected chi connectivity index (χ4v) is 5.54. The summed E-state index contributed by atoms with van der Waals surface area (Å²) < 4.78 is 19.7. The first-order valence-electron chi connectivity index (χ1n) is 11.9. The van der Waals surface area contributed by atoms with E-state index in [2.05, 4.69) is 15.2 Å². The topological polar surface area (TPSA) is 146 Å². The lowest BCUT2D eigenvalue weighted by atomic mass is 10.00. The molecule has 202 valence electrons. The Hall–Kier alpha value is -2.80. The van der Waals surface area contributed by atoms with Crippen LogP contribution < -0.4 is 26.4 Å². The number of halogens is 2. The Labute approximate surface area is 234 Å². The summed E-state index contributed by atoms with van der Waals surface area (Å²) in [6.45, 7) is 3.41. The van der Waals surface area contributed by atoms with Gasteiger partial charge in [-0.3, -0.25) is 16.1 Å². The molecule has 4 rings (SSSR count). The van der Waals surface area contributed by atoms with Gasteiger partial charge >= 0.3 is 0 Å². The Morgan fingerprint density at radius 3 is 2.50 bits per heavy atom. The molecule has 1 fully saturated rings. The molecule has 2 aromatic heterocycles. The molecular formula is C25H30Cl2N8O2S. The minimum absolute atomic E-state index is 0.198. The highest BCUT2D eigenvalue weighted by atomic mass is 35.5. The highest BCUT2D eigenvalue weighted by Crippen LogP contribution is 2.31. The molecular weight excluding hydrogens is 547 g/mol. The molecule has 0 radical (unpaired) electrons. The van der Waals surface area contributed by atoms with E-state index < -0.39 is 17.2 Å². The van der Waals surface area contributed by atoms with Gasteiger partial charge in [0.1, 0.15) is 11.6 Å². The third kappa shape index (κ3) is 6.25. The number of piperazine rings is 1. The SMILES string of the molecule is CNCc1cc(C(=N)c2cc(O[C@H](N)c3c(Cl)cncc3Cl)ccc2N)cnc1N1CCN(S(C)=O)CC1. The van der Waals surface area contributed by atoms with Gasteiger partial charge in [0, 0.05) is 85.5 Å². The van der Waals surface area contributed by atoms with Crippen LogP contribution in [0.5, 0.6) is 5.75 Å². The second-order valence-corrected chi connectivity index (χ2v) is 10.9. The van der Waals surface area contributed by atoms with Crippen molar-refractivity contribution >= 4 is 51.4 Å². The van der Waals surface area contributed by atoms with Crippen molar-refractivity contribution in [1.29, 1.82) is 5.41 Å². The van der Waals surface area contributed by atoms with Crippen molar-refractivity contribution in [1.82, 2.24) is 19.6 Å². The van der Waals surface area contributed by atoms with Gasteiger partial charge in [-0.1, -0.05) is 23.2 Å². The number of nitrogens with zero attached hydrogens (tertiary/aromatic N) is 4. The largest absolute Gasteiger partial charge is 0.471 e. The number of benzene rings is 1. The molecule has 0 aliphatic carbocycles. The van der Waals surface area contributed by atoms with Crippen LogP contribution in [0.25, 0.3) is 0 Å². The lowest BCUT2D eigenvalue weighted by molar-refractivity contribution is 0.214. The molecule has 3 heterocycles. The number of aromatic nitrogens is 2. The summed E-state index contributed by atoms with van der Waals surface area (Å²) in [5.74, 6) is 1.25. The minimum Gasteiger partial charge on any atom is -0.471 e. The number of hydrogen-bond donors (Lipinski definition) is 4. The number of hydrogen-bond acceptors (Lipinski definition) is 9. The predicted octanol–water partition coefficient (Wildman–Crippen LogP) is 2.95. The maximum Gasteiger partial charge on any atom is 0.177 e. The summed E-state index contributed by atoms with van der Waals surface area (Å²) in [4.78, 5) is 10.8. The zero-order valence-electron chi connectivity index (χ0n) is 21.1. The van der Waals surface area contributed by atoms with Crippen LogP contribution in [0.1, 0.15) is 28.5 Å². The second kappa shape index (κ2) is 12.4. The van der Waals surface area contributed by atoms with Crippen molar-refractivity contribution in [2.45, 2.75) is 12.8 Å². The molecule has 2 atom stereocenters. The molecule has 1 saturated heterocycles. The Bertz CT molecular complexity index is 1330. The van der Waals surface area contributed by atoms with Gasteiger partial charge in [0.25, 0.3) is 0 Å². The molecule has 0 saturated carbocycles. The summed E-state index contributed by atoms with van der Waals surface area (Å²) in [6, 6.07) is 6.94. The summed E-state index contributed by atoms with van der Waals surface area (Å²) in [7, 11) is 0.880. The van der Waals surface area contributed by atoms with Crippen LogP contribution in [0, 0.1) is 5.41 Å². The van der Waals surface area contributed by atoms with E-state index in [0.29, 0.717) is 57.8 Å². The van der Waals surface area contributed by atoms with Crippen LogP contribution >= 0.6 is 23.2 Å². The first kappa shape index (κ1) is 28.2. The van der Waals surface area contributed by atoms with Gasteiger partial charge in [-0.05, 0) is 31.3 Å². The van der Waals surface area contributed by atoms with Gasteiger partial charge in [0.15, 0.2) is 6.23 Å². The number of nitrogens with one attached hydrogen (secondary N) is 2. The molecule has 0 amide bonds. The van der Waals surface area contributed by atoms with E-state index in [9.17, 15) is 4.21 Å². The third-order valence-electron chi connectivity index (χ3n) is 6.23. The molecule has 13 heteroatoms. The van der Waals surface area contributed by atoms with Crippen LogP contribution in [0.4, 0.5) is 11.5 Å². The molecule has 1 aliphatic rings. The van der Waals surface area contributed by atoms with E-state index in [1.54, 1.807) is 30.7 Å². The summed E-state index contributed by atoms with van der Waals surface area (Å²) in [5.41, 5.74) is 15.5. The van der Waals surface area contributed by atoms with Crippen LogP contribution in [0.15, 0.2) is 42.9 Å². The van der Waals surface area contributed by atoms with Crippen molar-refractivity contribution in [3.8, 4) is 5.75 Å². The van der Waals surface area contributed by atoms with Gasteiger partial charge in [0.05, 0.1) is 26.7 Å². The Kier molecular flexibility index (Phi) is 9.19. The molecule has 10 nitrogen and oxygen atoms in total. The fourth-order valence-electron chi connectivity index (χ4n) is 4.28. The van der Waals surface area contributed by atoms with Gasteiger partial charge in [0.2, 0.25) is 0 Å². The predicted molar refractivity (Wildman–Crippen MR) is 153 cm³/mol. The van der Waals surface area contributed by atoms with E-state index in [1.807, 2.05) is 17.4 Å². The molecule has 0 bridgehead atoms. The van der Waals surface area contributed by atoms with Crippen LogP contribution in [0.2, 0.25) is 10.0 Å². The number of pyridine rings is 2. The highest BCUT2D eigenvalue weighted by Gasteiger charge is 2.23. The summed E-state index contributed by atoms with van der Waals surface area (Å²) in [6.07, 6.45) is 5.32. The molecule has 3 aromatic rings. The quantitative estimate of drug-likeness (QED) is 0.173. The Morgan fingerprint density at radius 2 is 1.87 bits per heavy atom. The van der Waals surface area contributed by atoms with Crippen LogP contribution in [-0.2, 0) is 17.5 Å². The van der Waals surface area contributed by atoms with Crippen LogP contribution in [0.3, 0.4) is 0 Å². The third-order valence-corrected chi connectivity index (χ3v) is 7.93. The van der Waals surface area contributed by atoms with E-state index in [4.69, 9.17) is 49.8 Å². The zero-order chi connectivity index (χ0) is 27.4. The maximum atomic E-state index is 11.8. The number of nitrogen functional groups attached to an aromatic ring is 1. The van der Waals surface area contributed by atoms with Crippen molar-refractivity contribution in [3.63, 3.8) is 0 Å². The number of ether oxygens (including phenoxy) is 1. The Morgan fingerprint density at radius 1 is 1.18 bits per heavy atom. The monoisotopic (exact) mass is 576 g/mol. The summed E-state index contributed by atoms with van der Waals surface area (Å²) in [5, 5.41) is 12.7. The van der Waals surface area contributed by atoms with Gasteiger partial charge in [-0.25, -0.2) is 13.5 Å². The normalized spacial score (nSPS) is 15.8. The summed E-state index contributed by atoms with van der Waals surface area (Å²) >= 11 is 12.4. The molecule has 38 heavy (non-hydrogen) atoms. The smallest absolute Gasteiger partial charge is 0.177 e. The van der Waals surface area contributed by atoms with Crippen molar-refractivity contribution in [2.75, 3.05) is 50.1 Å². The van der Waals surface area contributed by atoms with E-state index in [1.165, 1.54) is 12.4 Å². The van der Waals surface area contributed by atoms with Gasteiger partial charge in [-0.15, -0.1) is 0 Å². The average molecular weight is 578 g/mol. The molecule has 0 spiro atoms. The first-order chi connectivity index (χ1) is 18.2. The lowest BCUT2D eigenvalue weighted by Gasteiger charge is -2.34. The zero-order valence-corrected chi connectivity index (χ0v) is 23.4. The lowest BCUT2D eigenvalue weighted by Crippen LogP contribution is -2.47. The maximum absolute atomic E-state index is 11.8. The fraction of sp³-hybridized carbons (Fsp3) is 0.320. The van der Waals surface area contributed by atoms with Crippen molar-refractivity contribution in [2.24, 2.45) is 5.73 Å². The van der Waals surface area contributed by atoms with Gasteiger partial charge < -0.3 is 20.7 Å². The second-order valence-electron chi connectivity index (χ2n) is 8.76. The molecule has 6 N–H and O–H groups in total. The van der Waals surface area contributed by atoms with Crippen molar-refractivity contribution in [3.05, 3.63) is 75.2 Å². The highest BCUT2D eigenvalue weighted by molar-refractivity contribution is 7.81. The first-order valence-corrected chi connectivity index (χ1v) is 14.1. The number of nitrogens with two attached hydrogens (primary N) is 2. The Balaban J connectivity index is 1.57. The minimum atomic E-state index is -0.985. The van der Waals surface area contributed by atoms with E-state index in [0.717, 1.165) is 24.5 Å². The van der Waals surface area contributed by atoms with E-state index >= 15 is 0 Å². The molecule has 1 aliphatic heterocycles. The average Bonchev–Trinajstić information content (AvgIpc) is 2.89. The van der Waals surface area contributed by atoms with Gasteiger partial charge in [-0.2, -0.15) is 0 Å². The van der Waals surface area contributed by atoms with E-state index in [-0.39, 0.29) is 5.71 Å².